The first-order valence-electron chi connectivity index (χ1n) is 4.54. The fourth-order valence-electron chi connectivity index (χ4n) is 1.54. The van der Waals surface area contributed by atoms with E-state index < -0.39 is 0 Å². The molecule has 0 bridgehead atoms. The molecule has 0 spiro atoms. The third-order valence-electron chi connectivity index (χ3n) is 2.15. The highest BCUT2D eigenvalue weighted by molar-refractivity contribution is 7.13. The molecule has 1 atom stereocenters. The van der Waals surface area contributed by atoms with Crippen LogP contribution in [0.15, 0.2) is 10.4 Å². The molecule has 5 N–H and O–H groups in total. The van der Waals surface area contributed by atoms with Crippen LogP contribution in [0, 0.1) is 0 Å². The standard InChI is InChI=1S/C8H13N5S/c9-7(10)13-8-12-6(4-14-8)5-2-1-3-11-5/h4-5,11H,1-3H2,(H4,9,10,12,13). The van der Waals surface area contributed by atoms with Crippen LogP contribution in [0.25, 0.3) is 0 Å². The number of nitrogens with zero attached hydrogens (tertiary/aromatic N) is 2. The van der Waals surface area contributed by atoms with Gasteiger partial charge in [-0.2, -0.15) is 4.99 Å². The van der Waals surface area contributed by atoms with E-state index in [0.717, 1.165) is 18.7 Å². The van der Waals surface area contributed by atoms with Gasteiger partial charge in [-0.15, -0.1) is 11.3 Å². The molecule has 1 aromatic rings. The molecule has 2 rings (SSSR count). The lowest BCUT2D eigenvalue weighted by atomic mass is 10.2. The van der Waals surface area contributed by atoms with E-state index in [4.69, 9.17) is 11.5 Å². The van der Waals surface area contributed by atoms with Crippen LogP contribution >= 0.6 is 11.3 Å². The zero-order valence-electron chi connectivity index (χ0n) is 7.73. The number of rotatable bonds is 2. The lowest BCUT2D eigenvalue weighted by molar-refractivity contribution is 0.632. The van der Waals surface area contributed by atoms with E-state index in [1.165, 1.54) is 17.8 Å². The largest absolute Gasteiger partial charge is 0.370 e. The summed E-state index contributed by atoms with van der Waals surface area (Å²) in [7, 11) is 0. The van der Waals surface area contributed by atoms with Gasteiger partial charge in [-0.3, -0.25) is 0 Å². The van der Waals surface area contributed by atoms with Crippen molar-refractivity contribution in [2.45, 2.75) is 18.9 Å². The monoisotopic (exact) mass is 211 g/mol. The van der Waals surface area contributed by atoms with Crippen LogP contribution in [0.4, 0.5) is 5.13 Å². The first-order chi connectivity index (χ1) is 6.75. The molecule has 2 heterocycles. The number of guanidine groups is 1. The number of nitrogens with two attached hydrogens (primary N) is 2. The van der Waals surface area contributed by atoms with Gasteiger partial charge in [-0.1, -0.05) is 0 Å². The molecule has 0 aromatic carbocycles. The van der Waals surface area contributed by atoms with Gasteiger partial charge in [-0.25, -0.2) is 4.98 Å². The second-order valence-electron chi connectivity index (χ2n) is 3.24. The first-order valence-corrected chi connectivity index (χ1v) is 5.42. The maximum Gasteiger partial charge on any atom is 0.212 e. The van der Waals surface area contributed by atoms with Crippen molar-refractivity contribution in [3.8, 4) is 0 Å². The summed E-state index contributed by atoms with van der Waals surface area (Å²) in [6.07, 6.45) is 2.35. The zero-order chi connectivity index (χ0) is 9.97. The Labute approximate surface area is 86.2 Å². The highest BCUT2D eigenvalue weighted by atomic mass is 32.1. The Bertz CT molecular complexity index is 335. The maximum atomic E-state index is 5.27. The normalized spacial score (nSPS) is 21.0. The van der Waals surface area contributed by atoms with Gasteiger partial charge < -0.3 is 16.8 Å². The third kappa shape index (κ3) is 2.02. The van der Waals surface area contributed by atoms with Gasteiger partial charge in [0.25, 0.3) is 0 Å². The summed E-state index contributed by atoms with van der Waals surface area (Å²) in [6.45, 7) is 1.07. The molecule has 0 saturated carbocycles. The summed E-state index contributed by atoms with van der Waals surface area (Å²) in [5, 5.41) is 6.01. The molecule has 76 valence electrons. The zero-order valence-corrected chi connectivity index (χ0v) is 8.55. The minimum atomic E-state index is 0.0604. The predicted molar refractivity (Wildman–Crippen MR) is 57.6 cm³/mol. The highest BCUT2D eigenvalue weighted by Gasteiger charge is 2.18. The van der Waals surface area contributed by atoms with E-state index in [2.05, 4.69) is 15.3 Å². The summed E-state index contributed by atoms with van der Waals surface area (Å²) in [5.74, 6) is 0.0604. The Morgan fingerprint density at radius 1 is 1.64 bits per heavy atom. The quantitative estimate of drug-likeness (QED) is 0.490. The molecule has 6 heteroatoms. The third-order valence-corrected chi connectivity index (χ3v) is 2.90. The molecule has 0 amide bonds. The molecule has 1 aromatic heterocycles. The number of hydrogen-bond acceptors (Lipinski definition) is 4. The van der Waals surface area contributed by atoms with Crippen molar-refractivity contribution < 1.29 is 0 Å². The second kappa shape index (κ2) is 3.93. The van der Waals surface area contributed by atoms with Crippen molar-refractivity contribution in [2.24, 2.45) is 16.5 Å². The van der Waals surface area contributed by atoms with E-state index >= 15 is 0 Å². The smallest absolute Gasteiger partial charge is 0.212 e. The summed E-state index contributed by atoms with van der Waals surface area (Å²) >= 11 is 1.47. The number of thiazole rings is 1. The predicted octanol–water partition coefficient (Wildman–Crippen LogP) is 0.472. The number of aromatic nitrogens is 1. The van der Waals surface area contributed by atoms with Gasteiger partial charge in [-0.05, 0) is 19.4 Å². The molecule has 0 aliphatic carbocycles. The number of nitrogens with one attached hydrogen (secondary N) is 1. The lowest BCUT2D eigenvalue weighted by Gasteiger charge is -2.04. The van der Waals surface area contributed by atoms with Gasteiger partial charge in [0.2, 0.25) is 5.13 Å². The van der Waals surface area contributed by atoms with Crippen LogP contribution < -0.4 is 16.8 Å². The topological polar surface area (TPSA) is 89.3 Å². The molecule has 1 aliphatic rings. The molecule has 0 radical (unpaired) electrons. The van der Waals surface area contributed by atoms with E-state index in [1.807, 2.05) is 5.38 Å². The maximum absolute atomic E-state index is 5.27. The van der Waals surface area contributed by atoms with Gasteiger partial charge >= 0.3 is 0 Å². The Balaban J connectivity index is 2.13. The van der Waals surface area contributed by atoms with Crippen LogP contribution in [0.3, 0.4) is 0 Å². The fourth-order valence-corrected chi connectivity index (χ4v) is 2.29. The summed E-state index contributed by atoms with van der Waals surface area (Å²) in [4.78, 5) is 8.24. The molecule has 1 fully saturated rings. The minimum Gasteiger partial charge on any atom is -0.370 e. The van der Waals surface area contributed by atoms with E-state index in [0.29, 0.717) is 11.2 Å². The van der Waals surface area contributed by atoms with Crippen LogP contribution in [0.5, 0.6) is 0 Å². The van der Waals surface area contributed by atoms with Crippen molar-refractivity contribution in [3.63, 3.8) is 0 Å². The average Bonchev–Trinajstić information content (AvgIpc) is 2.69. The molecular weight excluding hydrogens is 198 g/mol. The Morgan fingerprint density at radius 3 is 3.14 bits per heavy atom. The van der Waals surface area contributed by atoms with Crippen LogP contribution in [-0.4, -0.2) is 17.5 Å². The van der Waals surface area contributed by atoms with Crippen molar-refractivity contribution in [3.05, 3.63) is 11.1 Å². The summed E-state index contributed by atoms with van der Waals surface area (Å²) in [6, 6.07) is 0.384. The lowest BCUT2D eigenvalue weighted by Crippen LogP contribution is -2.21. The first kappa shape index (κ1) is 9.42. The number of aliphatic imine (C=N–C) groups is 1. The van der Waals surface area contributed by atoms with Crippen molar-refractivity contribution >= 4 is 22.4 Å². The van der Waals surface area contributed by atoms with E-state index in [-0.39, 0.29) is 5.96 Å². The average molecular weight is 211 g/mol. The van der Waals surface area contributed by atoms with E-state index in [9.17, 15) is 0 Å². The van der Waals surface area contributed by atoms with Crippen molar-refractivity contribution in [1.82, 2.24) is 10.3 Å². The second-order valence-corrected chi connectivity index (χ2v) is 4.08. The SMILES string of the molecule is NC(N)=Nc1nc(C2CCCN2)cs1. The van der Waals surface area contributed by atoms with Gasteiger partial charge in [0.05, 0.1) is 11.7 Å². The van der Waals surface area contributed by atoms with Crippen molar-refractivity contribution in [1.29, 1.82) is 0 Å². The van der Waals surface area contributed by atoms with Gasteiger partial charge in [0.15, 0.2) is 5.96 Å². The minimum absolute atomic E-state index is 0.0604. The van der Waals surface area contributed by atoms with Crippen LogP contribution in [-0.2, 0) is 0 Å². The highest BCUT2D eigenvalue weighted by Crippen LogP contribution is 2.27. The molecule has 1 saturated heterocycles. The molecule has 14 heavy (non-hydrogen) atoms. The van der Waals surface area contributed by atoms with Crippen molar-refractivity contribution in [2.75, 3.05) is 6.54 Å². The number of hydrogen-bond donors (Lipinski definition) is 3. The molecule has 1 unspecified atom stereocenters. The Hall–Kier alpha value is -1.14. The molecule has 5 nitrogen and oxygen atoms in total. The summed E-state index contributed by atoms with van der Waals surface area (Å²) < 4.78 is 0. The van der Waals surface area contributed by atoms with Crippen LogP contribution in [0.2, 0.25) is 0 Å². The van der Waals surface area contributed by atoms with E-state index in [1.54, 1.807) is 0 Å². The van der Waals surface area contributed by atoms with Crippen LogP contribution in [0.1, 0.15) is 24.6 Å². The fraction of sp³-hybridized carbons (Fsp3) is 0.500. The van der Waals surface area contributed by atoms with Gasteiger partial charge in [0, 0.05) is 5.38 Å². The van der Waals surface area contributed by atoms with Gasteiger partial charge in [0.1, 0.15) is 0 Å². The molecule has 1 aliphatic heterocycles. The Kier molecular flexibility index (Phi) is 2.64. The molecular formula is C8H13N5S. The summed E-state index contributed by atoms with van der Waals surface area (Å²) in [5.41, 5.74) is 11.6. The Morgan fingerprint density at radius 2 is 2.50 bits per heavy atom.